The monoisotopic (exact) mass is 330 g/mol. The third-order valence-electron chi connectivity index (χ3n) is 4.35. The van der Waals surface area contributed by atoms with Crippen LogP contribution in [0.25, 0.3) is 0 Å². The van der Waals surface area contributed by atoms with E-state index in [2.05, 4.69) is 0 Å². The van der Waals surface area contributed by atoms with Crippen LogP contribution in [0.1, 0.15) is 25.3 Å². The highest BCUT2D eigenvalue weighted by molar-refractivity contribution is 8.00. The Hall–Kier alpha value is -2.21. The van der Waals surface area contributed by atoms with E-state index in [1.54, 1.807) is 13.8 Å². The van der Waals surface area contributed by atoms with Crippen molar-refractivity contribution < 1.29 is 23.8 Å². The van der Waals surface area contributed by atoms with Gasteiger partial charge in [-0.25, -0.2) is 9.59 Å². The molecule has 3 aliphatic heterocycles. The number of cyclic esters (lactones) is 1. The molecule has 23 heavy (non-hydrogen) atoms. The molecule has 3 aliphatic rings. The van der Waals surface area contributed by atoms with Crippen LogP contribution in [0, 0.1) is 0 Å². The van der Waals surface area contributed by atoms with Crippen LogP contribution in [-0.2, 0) is 23.8 Å². The van der Waals surface area contributed by atoms with Crippen molar-refractivity contribution in [2.75, 3.05) is 0 Å². The molecule has 0 amide bonds. The van der Waals surface area contributed by atoms with Gasteiger partial charge < -0.3 is 14.2 Å². The molecule has 0 aliphatic carbocycles. The van der Waals surface area contributed by atoms with E-state index in [-0.39, 0.29) is 23.3 Å². The van der Waals surface area contributed by atoms with Crippen LogP contribution in [0.4, 0.5) is 0 Å². The number of thioether (sulfide) groups is 1. The van der Waals surface area contributed by atoms with Crippen molar-refractivity contribution in [2.45, 2.75) is 36.4 Å². The molecule has 3 unspecified atom stereocenters. The molecule has 1 aromatic rings. The molecule has 0 N–H and O–H groups in total. The molecule has 0 saturated carbocycles. The van der Waals surface area contributed by atoms with Gasteiger partial charge in [0.05, 0.1) is 17.8 Å². The molecule has 118 valence electrons. The Kier molecular flexibility index (Phi) is 3.23. The predicted octanol–water partition coefficient (Wildman–Crippen LogP) is 2.88. The smallest absolute Gasteiger partial charge is 0.339 e. The van der Waals surface area contributed by atoms with Crippen LogP contribution in [0.2, 0.25) is 0 Å². The van der Waals surface area contributed by atoms with Crippen molar-refractivity contribution >= 4 is 23.7 Å². The van der Waals surface area contributed by atoms with E-state index in [0.717, 1.165) is 16.0 Å². The summed E-state index contributed by atoms with van der Waals surface area (Å²) in [6.45, 7) is 3.47. The largest absolute Gasteiger partial charge is 0.458 e. The summed E-state index contributed by atoms with van der Waals surface area (Å²) in [4.78, 5) is 24.7. The molecule has 3 atom stereocenters. The van der Waals surface area contributed by atoms with Crippen LogP contribution in [-0.4, -0.2) is 23.7 Å². The standard InChI is InChI=1S/C17H14O5S/c1-8-9(2)16(21-14(8)18)20-7-11-13-10-5-3-4-6-12(10)23-17(13)22-15(11)19/h3-7,13,16-17H,1-2H3/b11-7+. The molecular formula is C17H14O5S. The lowest BCUT2D eigenvalue weighted by molar-refractivity contribution is -0.153. The van der Waals surface area contributed by atoms with E-state index in [0.29, 0.717) is 11.1 Å². The molecule has 4 rings (SSSR count). The summed E-state index contributed by atoms with van der Waals surface area (Å²) in [5.74, 6) is -0.921. The number of carbonyl (C=O) groups excluding carboxylic acids is 2. The quantitative estimate of drug-likeness (QED) is 0.472. The number of carbonyl (C=O) groups is 2. The maximum absolute atomic E-state index is 12.1. The van der Waals surface area contributed by atoms with Gasteiger partial charge in [-0.3, -0.25) is 0 Å². The number of rotatable bonds is 2. The molecular weight excluding hydrogens is 316 g/mol. The van der Waals surface area contributed by atoms with Gasteiger partial charge in [-0.15, -0.1) is 0 Å². The summed E-state index contributed by atoms with van der Waals surface area (Å²) < 4.78 is 16.1. The summed E-state index contributed by atoms with van der Waals surface area (Å²) in [5, 5.41) is 0. The van der Waals surface area contributed by atoms with Gasteiger partial charge in [0.1, 0.15) is 0 Å². The lowest BCUT2D eigenvalue weighted by Crippen LogP contribution is -2.13. The number of fused-ring (bicyclic) bond motifs is 3. The second kappa shape index (κ2) is 5.16. The number of ether oxygens (including phenoxy) is 3. The summed E-state index contributed by atoms with van der Waals surface area (Å²) >= 11 is 1.54. The Labute approximate surface area is 137 Å². The van der Waals surface area contributed by atoms with Gasteiger partial charge in [-0.05, 0) is 25.5 Å². The number of hydrogen-bond acceptors (Lipinski definition) is 6. The molecule has 0 bridgehead atoms. The van der Waals surface area contributed by atoms with Crippen LogP contribution < -0.4 is 0 Å². The van der Waals surface area contributed by atoms with Gasteiger partial charge in [-0.1, -0.05) is 30.0 Å². The zero-order valence-corrected chi connectivity index (χ0v) is 13.4. The highest BCUT2D eigenvalue weighted by Crippen LogP contribution is 2.53. The Bertz CT molecular complexity index is 779. The fourth-order valence-electron chi connectivity index (χ4n) is 2.89. The lowest BCUT2D eigenvalue weighted by Gasteiger charge is -2.12. The normalized spacial score (nSPS) is 30.3. The third-order valence-corrected chi connectivity index (χ3v) is 5.57. The van der Waals surface area contributed by atoms with Crippen molar-refractivity contribution in [3.05, 3.63) is 52.8 Å². The van der Waals surface area contributed by atoms with Gasteiger partial charge in [0.2, 0.25) is 0 Å². The highest BCUT2D eigenvalue weighted by Gasteiger charge is 2.47. The number of benzene rings is 1. The summed E-state index contributed by atoms with van der Waals surface area (Å²) in [5.41, 5.74) is 2.54. The van der Waals surface area contributed by atoms with Crippen molar-refractivity contribution in [1.82, 2.24) is 0 Å². The predicted molar refractivity (Wildman–Crippen MR) is 82.3 cm³/mol. The molecule has 1 saturated heterocycles. The molecule has 5 nitrogen and oxygen atoms in total. The highest BCUT2D eigenvalue weighted by atomic mass is 32.2. The maximum atomic E-state index is 12.1. The van der Waals surface area contributed by atoms with E-state index in [9.17, 15) is 9.59 Å². The first kappa shape index (κ1) is 14.4. The van der Waals surface area contributed by atoms with Crippen molar-refractivity contribution in [2.24, 2.45) is 0 Å². The first-order chi connectivity index (χ1) is 11.1. The molecule has 1 fully saturated rings. The van der Waals surface area contributed by atoms with E-state index >= 15 is 0 Å². The van der Waals surface area contributed by atoms with Gasteiger partial charge in [0.25, 0.3) is 6.29 Å². The Balaban J connectivity index is 1.61. The van der Waals surface area contributed by atoms with Crippen LogP contribution in [0.15, 0.2) is 52.1 Å². The fourth-order valence-corrected chi connectivity index (χ4v) is 4.19. The fraction of sp³-hybridized carbons (Fsp3) is 0.294. The second-order valence-electron chi connectivity index (χ2n) is 5.66. The van der Waals surface area contributed by atoms with E-state index in [1.807, 2.05) is 24.3 Å². The van der Waals surface area contributed by atoms with Crippen molar-refractivity contribution in [1.29, 1.82) is 0 Å². The zero-order valence-electron chi connectivity index (χ0n) is 12.6. The van der Waals surface area contributed by atoms with Gasteiger partial charge >= 0.3 is 11.9 Å². The van der Waals surface area contributed by atoms with Crippen molar-refractivity contribution in [3.8, 4) is 0 Å². The molecule has 0 spiro atoms. The van der Waals surface area contributed by atoms with E-state index in [1.165, 1.54) is 18.0 Å². The summed E-state index contributed by atoms with van der Waals surface area (Å²) in [6.07, 6.45) is 0.613. The van der Waals surface area contributed by atoms with Gasteiger partial charge in [0.15, 0.2) is 5.44 Å². The first-order valence-corrected chi connectivity index (χ1v) is 8.14. The topological polar surface area (TPSA) is 61.8 Å². The molecule has 0 radical (unpaired) electrons. The van der Waals surface area contributed by atoms with Crippen LogP contribution in [0.5, 0.6) is 0 Å². The average molecular weight is 330 g/mol. The molecule has 6 heteroatoms. The summed E-state index contributed by atoms with van der Waals surface area (Å²) in [7, 11) is 0. The van der Waals surface area contributed by atoms with Crippen molar-refractivity contribution in [3.63, 3.8) is 0 Å². The molecule has 0 aromatic heterocycles. The number of esters is 2. The summed E-state index contributed by atoms with van der Waals surface area (Å²) in [6, 6.07) is 7.91. The minimum absolute atomic E-state index is 0.147. The average Bonchev–Trinajstić information content (AvgIpc) is 3.12. The zero-order chi connectivity index (χ0) is 16.1. The minimum atomic E-state index is -0.772. The van der Waals surface area contributed by atoms with Gasteiger partial charge in [-0.2, -0.15) is 0 Å². The van der Waals surface area contributed by atoms with Gasteiger partial charge in [0, 0.05) is 16.0 Å². The lowest BCUT2D eigenvalue weighted by atomic mass is 9.94. The molecule has 1 aromatic carbocycles. The van der Waals surface area contributed by atoms with E-state index < -0.39 is 6.29 Å². The van der Waals surface area contributed by atoms with Crippen LogP contribution in [0.3, 0.4) is 0 Å². The SMILES string of the molecule is CC1=C(C)C(O/C=C2/C(=O)OC3Sc4ccccc4C23)OC1=O. The minimum Gasteiger partial charge on any atom is -0.458 e. The Morgan fingerprint density at radius 2 is 1.91 bits per heavy atom. The Morgan fingerprint density at radius 1 is 1.13 bits per heavy atom. The second-order valence-corrected chi connectivity index (χ2v) is 6.80. The Morgan fingerprint density at radius 3 is 2.65 bits per heavy atom. The van der Waals surface area contributed by atoms with Crippen LogP contribution >= 0.6 is 11.8 Å². The van der Waals surface area contributed by atoms with E-state index in [4.69, 9.17) is 14.2 Å². The maximum Gasteiger partial charge on any atom is 0.339 e. The first-order valence-electron chi connectivity index (χ1n) is 7.26. The number of hydrogen-bond donors (Lipinski definition) is 0. The molecule has 3 heterocycles. The third kappa shape index (κ3) is 2.16.